The van der Waals surface area contributed by atoms with E-state index in [4.69, 9.17) is 4.74 Å². The molecule has 0 amide bonds. The van der Waals surface area contributed by atoms with Crippen molar-refractivity contribution < 1.29 is 4.74 Å². The van der Waals surface area contributed by atoms with Gasteiger partial charge in [-0.05, 0) is 24.7 Å². The molecule has 4 nitrogen and oxygen atoms in total. The Kier molecular flexibility index (Phi) is 3.49. The second-order valence-electron chi connectivity index (χ2n) is 4.83. The molecule has 0 radical (unpaired) electrons. The lowest BCUT2D eigenvalue weighted by atomic mass is 9.81. The summed E-state index contributed by atoms with van der Waals surface area (Å²) >= 11 is 0. The maximum Gasteiger partial charge on any atom is 0.151 e. The van der Waals surface area contributed by atoms with E-state index in [1.807, 2.05) is 0 Å². The number of aromatic amines is 1. The van der Waals surface area contributed by atoms with Crippen molar-refractivity contribution in [1.29, 1.82) is 0 Å². The molecule has 0 aliphatic heterocycles. The first-order valence-electron chi connectivity index (χ1n) is 6.02. The summed E-state index contributed by atoms with van der Waals surface area (Å²) in [5.74, 6) is 2.38. The molecule has 2 atom stereocenters. The van der Waals surface area contributed by atoms with Crippen molar-refractivity contribution in [2.24, 2.45) is 5.92 Å². The van der Waals surface area contributed by atoms with Crippen LogP contribution in [0.15, 0.2) is 0 Å². The maximum atomic E-state index is 5.03. The standard InChI is InChI=1S/C12H21N3O/c1-8-6-9(2)11-10(7-8)14-15-12(11)13-4-5-16-3/h8-9H,4-7H2,1-3H3,(H2,13,14,15). The summed E-state index contributed by atoms with van der Waals surface area (Å²) < 4.78 is 5.03. The largest absolute Gasteiger partial charge is 0.383 e. The highest BCUT2D eigenvalue weighted by Gasteiger charge is 2.26. The number of rotatable bonds is 4. The van der Waals surface area contributed by atoms with E-state index in [-0.39, 0.29) is 0 Å². The van der Waals surface area contributed by atoms with Gasteiger partial charge >= 0.3 is 0 Å². The molecular formula is C12H21N3O. The van der Waals surface area contributed by atoms with Crippen molar-refractivity contribution in [3.05, 3.63) is 11.3 Å². The summed E-state index contributed by atoms with van der Waals surface area (Å²) in [6, 6.07) is 0. The molecule has 1 heterocycles. The predicted molar refractivity (Wildman–Crippen MR) is 64.9 cm³/mol. The van der Waals surface area contributed by atoms with E-state index in [0.29, 0.717) is 12.5 Å². The van der Waals surface area contributed by atoms with Crippen molar-refractivity contribution in [2.45, 2.75) is 32.6 Å². The zero-order chi connectivity index (χ0) is 11.5. The minimum atomic E-state index is 0.600. The molecule has 16 heavy (non-hydrogen) atoms. The molecule has 1 aromatic heterocycles. The van der Waals surface area contributed by atoms with Crippen LogP contribution in [0.4, 0.5) is 5.82 Å². The Balaban J connectivity index is 2.10. The first-order valence-corrected chi connectivity index (χ1v) is 6.02. The fourth-order valence-electron chi connectivity index (χ4n) is 2.63. The molecule has 0 saturated carbocycles. The van der Waals surface area contributed by atoms with Crippen molar-refractivity contribution in [3.63, 3.8) is 0 Å². The molecule has 2 rings (SSSR count). The molecule has 0 spiro atoms. The van der Waals surface area contributed by atoms with Crippen molar-refractivity contribution >= 4 is 5.82 Å². The Bertz CT molecular complexity index is 348. The predicted octanol–water partition coefficient (Wildman–Crippen LogP) is 2.15. The van der Waals surface area contributed by atoms with E-state index in [0.717, 1.165) is 24.7 Å². The molecule has 1 aliphatic rings. The first kappa shape index (κ1) is 11.5. The summed E-state index contributed by atoms with van der Waals surface area (Å²) in [7, 11) is 1.71. The summed E-state index contributed by atoms with van der Waals surface area (Å²) in [6.45, 7) is 6.12. The maximum absolute atomic E-state index is 5.03. The fraction of sp³-hybridized carbons (Fsp3) is 0.750. The van der Waals surface area contributed by atoms with Gasteiger partial charge in [0.1, 0.15) is 0 Å². The molecule has 90 valence electrons. The van der Waals surface area contributed by atoms with Crippen molar-refractivity contribution in [3.8, 4) is 0 Å². The second-order valence-corrected chi connectivity index (χ2v) is 4.83. The van der Waals surface area contributed by atoms with Crippen LogP contribution in [0.5, 0.6) is 0 Å². The lowest BCUT2D eigenvalue weighted by Crippen LogP contribution is -2.16. The summed E-state index contributed by atoms with van der Waals surface area (Å²) in [6.07, 6.45) is 2.38. The van der Waals surface area contributed by atoms with Crippen LogP contribution >= 0.6 is 0 Å². The number of anilines is 1. The summed E-state index contributed by atoms with van der Waals surface area (Å²) in [4.78, 5) is 0. The van der Waals surface area contributed by atoms with Crippen LogP contribution in [0, 0.1) is 5.92 Å². The van der Waals surface area contributed by atoms with Gasteiger partial charge in [-0.15, -0.1) is 0 Å². The highest BCUT2D eigenvalue weighted by atomic mass is 16.5. The van der Waals surface area contributed by atoms with E-state index in [2.05, 4.69) is 29.4 Å². The van der Waals surface area contributed by atoms with E-state index >= 15 is 0 Å². The zero-order valence-electron chi connectivity index (χ0n) is 10.3. The first-order chi connectivity index (χ1) is 7.72. The number of hydrogen-bond acceptors (Lipinski definition) is 3. The van der Waals surface area contributed by atoms with Crippen LogP contribution in [-0.4, -0.2) is 30.5 Å². The average molecular weight is 223 g/mol. The third-order valence-corrected chi connectivity index (χ3v) is 3.28. The summed E-state index contributed by atoms with van der Waals surface area (Å²) in [5, 5.41) is 10.9. The van der Waals surface area contributed by atoms with Crippen LogP contribution in [-0.2, 0) is 11.2 Å². The highest BCUT2D eigenvalue weighted by molar-refractivity contribution is 5.49. The lowest BCUT2D eigenvalue weighted by Gasteiger charge is -2.24. The fourth-order valence-corrected chi connectivity index (χ4v) is 2.63. The van der Waals surface area contributed by atoms with Gasteiger partial charge in [0.15, 0.2) is 5.82 Å². The molecule has 2 N–H and O–H groups in total. The van der Waals surface area contributed by atoms with Gasteiger partial charge < -0.3 is 10.1 Å². The Morgan fingerprint density at radius 2 is 2.31 bits per heavy atom. The van der Waals surface area contributed by atoms with E-state index in [1.165, 1.54) is 17.7 Å². The van der Waals surface area contributed by atoms with Crippen LogP contribution in [0.1, 0.15) is 37.4 Å². The van der Waals surface area contributed by atoms with Gasteiger partial charge in [-0.2, -0.15) is 5.10 Å². The Hall–Kier alpha value is -1.03. The molecular weight excluding hydrogens is 202 g/mol. The minimum Gasteiger partial charge on any atom is -0.383 e. The van der Waals surface area contributed by atoms with Crippen LogP contribution in [0.3, 0.4) is 0 Å². The lowest BCUT2D eigenvalue weighted by molar-refractivity contribution is 0.210. The minimum absolute atomic E-state index is 0.600. The number of methoxy groups -OCH3 is 1. The Labute approximate surface area is 96.8 Å². The molecule has 4 heteroatoms. The third kappa shape index (κ3) is 2.21. The van der Waals surface area contributed by atoms with Gasteiger partial charge in [-0.3, -0.25) is 5.10 Å². The van der Waals surface area contributed by atoms with Gasteiger partial charge in [0, 0.05) is 24.9 Å². The quantitative estimate of drug-likeness (QED) is 0.769. The SMILES string of the molecule is COCCNc1n[nH]c2c1C(C)CC(C)C2. The number of H-pyrrole nitrogens is 1. The number of nitrogens with zero attached hydrogens (tertiary/aromatic N) is 1. The van der Waals surface area contributed by atoms with E-state index in [9.17, 15) is 0 Å². The molecule has 0 bridgehead atoms. The molecule has 0 aromatic carbocycles. The molecule has 0 fully saturated rings. The van der Waals surface area contributed by atoms with Gasteiger partial charge in [0.25, 0.3) is 0 Å². The Morgan fingerprint density at radius 1 is 1.50 bits per heavy atom. The summed E-state index contributed by atoms with van der Waals surface area (Å²) in [5.41, 5.74) is 2.69. The van der Waals surface area contributed by atoms with Crippen LogP contribution < -0.4 is 5.32 Å². The van der Waals surface area contributed by atoms with Gasteiger partial charge in [0.2, 0.25) is 0 Å². The number of aromatic nitrogens is 2. The van der Waals surface area contributed by atoms with Gasteiger partial charge in [-0.25, -0.2) is 0 Å². The second kappa shape index (κ2) is 4.87. The average Bonchev–Trinajstić information content (AvgIpc) is 2.62. The van der Waals surface area contributed by atoms with Crippen LogP contribution in [0.25, 0.3) is 0 Å². The monoisotopic (exact) mass is 223 g/mol. The number of fused-ring (bicyclic) bond motifs is 1. The van der Waals surface area contributed by atoms with Crippen LogP contribution in [0.2, 0.25) is 0 Å². The molecule has 1 aliphatic carbocycles. The van der Waals surface area contributed by atoms with Crippen molar-refractivity contribution in [1.82, 2.24) is 10.2 Å². The highest BCUT2D eigenvalue weighted by Crippen LogP contribution is 2.37. The van der Waals surface area contributed by atoms with Crippen molar-refractivity contribution in [2.75, 3.05) is 25.6 Å². The number of hydrogen-bond donors (Lipinski definition) is 2. The Morgan fingerprint density at radius 3 is 3.06 bits per heavy atom. The molecule has 0 saturated heterocycles. The number of ether oxygens (including phenoxy) is 1. The normalized spacial score (nSPS) is 24.2. The topological polar surface area (TPSA) is 49.9 Å². The van der Waals surface area contributed by atoms with E-state index < -0.39 is 0 Å². The van der Waals surface area contributed by atoms with E-state index in [1.54, 1.807) is 7.11 Å². The smallest absolute Gasteiger partial charge is 0.151 e. The molecule has 1 aromatic rings. The number of nitrogens with one attached hydrogen (secondary N) is 2. The third-order valence-electron chi connectivity index (χ3n) is 3.28. The molecule has 2 unspecified atom stereocenters. The van der Waals surface area contributed by atoms with Gasteiger partial charge in [-0.1, -0.05) is 13.8 Å². The zero-order valence-corrected chi connectivity index (χ0v) is 10.3. The van der Waals surface area contributed by atoms with Gasteiger partial charge in [0.05, 0.1) is 6.61 Å².